The fraction of sp³-hybridized carbons (Fsp3) is 0. The number of carbonyl (C=O) groups is 2. The first kappa shape index (κ1) is 19.1. The quantitative estimate of drug-likeness (QED) is 0.406. The molecule has 29 heavy (non-hydrogen) atoms. The molecule has 0 radical (unpaired) electrons. The van der Waals surface area contributed by atoms with Crippen molar-refractivity contribution in [1.82, 2.24) is 0 Å². The van der Waals surface area contributed by atoms with Gasteiger partial charge in [-0.25, -0.2) is 0 Å². The highest BCUT2D eigenvalue weighted by Crippen LogP contribution is 2.23. The Hall–Kier alpha value is -3.28. The lowest BCUT2D eigenvalue weighted by molar-refractivity contribution is 0.0996. The van der Waals surface area contributed by atoms with Crippen molar-refractivity contribution in [3.8, 4) is 0 Å². The molecule has 4 rings (SSSR count). The van der Waals surface area contributed by atoms with E-state index < -0.39 is 0 Å². The summed E-state index contributed by atoms with van der Waals surface area (Å²) in [6, 6.07) is 20.5. The van der Waals surface area contributed by atoms with Crippen LogP contribution in [0.1, 0.15) is 20.9 Å². The highest BCUT2D eigenvalue weighted by molar-refractivity contribution is 6.36. The average Bonchev–Trinajstić information content (AvgIpc) is 3.16. The van der Waals surface area contributed by atoms with Crippen LogP contribution >= 0.6 is 23.2 Å². The minimum Gasteiger partial charge on any atom is -0.451 e. The van der Waals surface area contributed by atoms with E-state index in [2.05, 4.69) is 10.6 Å². The van der Waals surface area contributed by atoms with Gasteiger partial charge in [0, 0.05) is 21.8 Å². The third-order valence-electron chi connectivity index (χ3n) is 4.22. The zero-order valence-electron chi connectivity index (χ0n) is 14.9. The highest BCUT2D eigenvalue weighted by atomic mass is 35.5. The molecule has 144 valence electrons. The smallest absolute Gasteiger partial charge is 0.291 e. The monoisotopic (exact) mass is 424 g/mol. The van der Waals surface area contributed by atoms with Gasteiger partial charge in [-0.1, -0.05) is 41.4 Å². The summed E-state index contributed by atoms with van der Waals surface area (Å²) in [7, 11) is 0. The maximum absolute atomic E-state index is 12.4. The zero-order chi connectivity index (χ0) is 20.4. The number of benzene rings is 3. The molecule has 0 spiro atoms. The fourth-order valence-corrected chi connectivity index (χ4v) is 3.17. The molecule has 1 aromatic heterocycles. The molecule has 7 heteroatoms. The Morgan fingerprint density at radius 1 is 0.759 bits per heavy atom. The summed E-state index contributed by atoms with van der Waals surface area (Å²) in [5.74, 6) is -0.514. The molecule has 0 aliphatic carbocycles. The lowest BCUT2D eigenvalue weighted by atomic mass is 10.2. The van der Waals surface area contributed by atoms with Crippen LogP contribution in [0.3, 0.4) is 0 Å². The first-order valence-electron chi connectivity index (χ1n) is 8.66. The maximum atomic E-state index is 12.4. The number of hydrogen-bond donors (Lipinski definition) is 2. The summed E-state index contributed by atoms with van der Waals surface area (Å²) in [5, 5.41) is 7.09. The van der Waals surface area contributed by atoms with Crippen molar-refractivity contribution in [2.45, 2.75) is 0 Å². The summed E-state index contributed by atoms with van der Waals surface area (Å²) in [4.78, 5) is 24.8. The summed E-state index contributed by atoms with van der Waals surface area (Å²) < 4.78 is 5.56. The molecule has 2 amide bonds. The van der Waals surface area contributed by atoms with Crippen LogP contribution in [-0.4, -0.2) is 11.8 Å². The molecule has 0 aliphatic heterocycles. The molecule has 4 aromatic rings. The number of carbonyl (C=O) groups excluding carboxylic acids is 2. The lowest BCUT2D eigenvalue weighted by Crippen LogP contribution is -2.13. The van der Waals surface area contributed by atoms with Crippen molar-refractivity contribution in [2.75, 3.05) is 10.6 Å². The number of furan rings is 1. The Morgan fingerprint density at radius 2 is 1.41 bits per heavy atom. The summed E-state index contributed by atoms with van der Waals surface area (Å²) in [6.07, 6.45) is 0. The van der Waals surface area contributed by atoms with E-state index >= 15 is 0 Å². The Morgan fingerprint density at radius 3 is 2.10 bits per heavy atom. The maximum Gasteiger partial charge on any atom is 0.291 e. The van der Waals surface area contributed by atoms with Crippen LogP contribution in [-0.2, 0) is 0 Å². The van der Waals surface area contributed by atoms with Gasteiger partial charge in [0.2, 0.25) is 0 Å². The normalized spacial score (nSPS) is 10.7. The number of para-hydroxylation sites is 1. The SMILES string of the molecule is O=C(Nc1ccc(NC(=O)c2cc(Cl)ccc2Cl)cc1)c1cc2ccccc2o1. The first-order valence-corrected chi connectivity index (χ1v) is 9.41. The second-order valence-corrected chi connectivity index (χ2v) is 7.10. The van der Waals surface area contributed by atoms with Gasteiger partial charge in [-0.3, -0.25) is 9.59 Å². The summed E-state index contributed by atoms with van der Waals surface area (Å²) in [6.45, 7) is 0. The standard InChI is InChI=1S/C22H14Cl2N2O3/c23-14-5-10-18(24)17(12-14)21(27)25-15-6-8-16(9-7-15)26-22(28)20-11-13-3-1-2-4-19(13)29-20/h1-12H,(H,25,27)(H,26,28). The third kappa shape index (κ3) is 4.26. The lowest BCUT2D eigenvalue weighted by Gasteiger charge is -2.08. The van der Waals surface area contributed by atoms with Crippen LogP contribution in [0.4, 0.5) is 11.4 Å². The molecule has 0 atom stereocenters. The van der Waals surface area contributed by atoms with Crippen LogP contribution in [0.25, 0.3) is 11.0 Å². The molecule has 2 N–H and O–H groups in total. The Balaban J connectivity index is 1.44. The summed E-state index contributed by atoms with van der Waals surface area (Å²) >= 11 is 12.0. The van der Waals surface area contributed by atoms with Gasteiger partial charge in [-0.05, 0) is 54.6 Å². The number of amides is 2. The van der Waals surface area contributed by atoms with Crippen molar-refractivity contribution in [2.24, 2.45) is 0 Å². The molecule has 0 aliphatic rings. The molecule has 5 nitrogen and oxygen atoms in total. The van der Waals surface area contributed by atoms with Crippen LogP contribution < -0.4 is 10.6 Å². The number of fused-ring (bicyclic) bond motifs is 1. The van der Waals surface area contributed by atoms with E-state index in [0.717, 1.165) is 5.39 Å². The van der Waals surface area contributed by atoms with Crippen LogP contribution in [0, 0.1) is 0 Å². The van der Waals surface area contributed by atoms with Gasteiger partial charge in [-0.15, -0.1) is 0 Å². The molecular formula is C22H14Cl2N2O3. The van der Waals surface area contributed by atoms with Gasteiger partial charge in [0.05, 0.1) is 10.6 Å². The largest absolute Gasteiger partial charge is 0.451 e. The van der Waals surface area contributed by atoms with Crippen molar-refractivity contribution < 1.29 is 14.0 Å². The zero-order valence-corrected chi connectivity index (χ0v) is 16.4. The Bertz CT molecular complexity index is 1180. The third-order valence-corrected chi connectivity index (χ3v) is 4.79. The molecule has 0 saturated heterocycles. The van der Waals surface area contributed by atoms with Gasteiger partial charge in [-0.2, -0.15) is 0 Å². The second kappa shape index (κ2) is 7.99. The predicted octanol–water partition coefficient (Wildman–Crippen LogP) is 6.24. The highest BCUT2D eigenvalue weighted by Gasteiger charge is 2.13. The Labute approximate surface area is 176 Å². The number of nitrogens with one attached hydrogen (secondary N) is 2. The topological polar surface area (TPSA) is 71.3 Å². The minimum atomic E-state index is -0.378. The fourth-order valence-electron chi connectivity index (χ4n) is 2.79. The van der Waals surface area contributed by atoms with Gasteiger partial charge in [0.25, 0.3) is 11.8 Å². The molecule has 1 heterocycles. The van der Waals surface area contributed by atoms with Gasteiger partial charge < -0.3 is 15.1 Å². The van der Waals surface area contributed by atoms with Crippen molar-refractivity contribution in [3.63, 3.8) is 0 Å². The van der Waals surface area contributed by atoms with E-state index in [0.29, 0.717) is 27.0 Å². The second-order valence-electron chi connectivity index (χ2n) is 6.26. The van der Waals surface area contributed by atoms with Gasteiger partial charge in [0.15, 0.2) is 5.76 Å². The molecule has 0 fully saturated rings. The minimum absolute atomic E-state index is 0.221. The van der Waals surface area contributed by atoms with E-state index in [4.69, 9.17) is 27.6 Å². The van der Waals surface area contributed by atoms with E-state index in [-0.39, 0.29) is 23.1 Å². The van der Waals surface area contributed by atoms with Crippen molar-refractivity contribution in [3.05, 3.63) is 94.2 Å². The van der Waals surface area contributed by atoms with Crippen molar-refractivity contribution in [1.29, 1.82) is 0 Å². The molecule has 0 saturated carbocycles. The van der Waals surface area contributed by atoms with Crippen LogP contribution in [0.2, 0.25) is 10.0 Å². The van der Waals surface area contributed by atoms with Crippen LogP contribution in [0.15, 0.2) is 77.2 Å². The predicted molar refractivity (Wildman–Crippen MR) is 115 cm³/mol. The van der Waals surface area contributed by atoms with Crippen LogP contribution in [0.5, 0.6) is 0 Å². The number of rotatable bonds is 4. The average molecular weight is 425 g/mol. The molecule has 3 aromatic carbocycles. The van der Waals surface area contributed by atoms with Gasteiger partial charge >= 0.3 is 0 Å². The number of anilines is 2. The van der Waals surface area contributed by atoms with E-state index in [1.54, 1.807) is 48.5 Å². The van der Waals surface area contributed by atoms with Crippen molar-refractivity contribution >= 4 is 57.4 Å². The number of halogens is 2. The van der Waals surface area contributed by atoms with Gasteiger partial charge in [0.1, 0.15) is 5.58 Å². The molecule has 0 unspecified atom stereocenters. The first-order chi connectivity index (χ1) is 14.0. The summed E-state index contributed by atoms with van der Waals surface area (Å²) in [5.41, 5.74) is 2.04. The number of hydrogen-bond acceptors (Lipinski definition) is 3. The Kier molecular flexibility index (Phi) is 5.25. The van der Waals surface area contributed by atoms with E-state index in [1.807, 2.05) is 18.2 Å². The molecular weight excluding hydrogens is 411 g/mol. The van der Waals surface area contributed by atoms with E-state index in [9.17, 15) is 9.59 Å². The molecule has 0 bridgehead atoms. The van der Waals surface area contributed by atoms with E-state index in [1.165, 1.54) is 6.07 Å².